The maximum absolute atomic E-state index is 5.59. The first-order chi connectivity index (χ1) is 8.70. The molecule has 1 aromatic rings. The molecule has 18 heavy (non-hydrogen) atoms. The van der Waals surface area contributed by atoms with Crippen LogP contribution in [-0.2, 0) is 0 Å². The van der Waals surface area contributed by atoms with Crippen molar-refractivity contribution < 1.29 is 9.64 Å². The Kier molecular flexibility index (Phi) is 4.38. The summed E-state index contributed by atoms with van der Waals surface area (Å²) in [6.07, 6.45) is 0. The maximum atomic E-state index is 5.59. The summed E-state index contributed by atoms with van der Waals surface area (Å²) in [6, 6.07) is 8.16. The zero-order valence-electron chi connectivity index (χ0n) is 10.7. The number of thiocarbonyl (C=S) groups is 1. The number of rotatable bonds is 4. The average Bonchev–Trinajstić information content (AvgIpc) is 2.39. The number of nitrogens with zero attached hydrogens (tertiary/aromatic N) is 1. The highest BCUT2D eigenvalue weighted by atomic mass is 32.1. The van der Waals surface area contributed by atoms with Gasteiger partial charge in [-0.15, -0.1) is 0 Å². The first-order valence-corrected chi connectivity index (χ1v) is 6.61. The highest BCUT2D eigenvalue weighted by Crippen LogP contribution is 2.27. The van der Waals surface area contributed by atoms with Gasteiger partial charge in [0, 0.05) is 0 Å². The van der Waals surface area contributed by atoms with Gasteiger partial charge in [0.25, 0.3) is 0 Å². The summed E-state index contributed by atoms with van der Waals surface area (Å²) >= 11 is 4.96. The van der Waals surface area contributed by atoms with Crippen LogP contribution < -0.4 is 20.3 Å². The van der Waals surface area contributed by atoms with Crippen LogP contribution in [0.5, 0.6) is 5.75 Å². The number of ether oxygens (including phenoxy) is 1. The van der Waals surface area contributed by atoms with E-state index in [1.807, 2.05) is 18.2 Å². The van der Waals surface area contributed by atoms with Gasteiger partial charge in [0.2, 0.25) is 0 Å². The SMILES string of the molecule is COc1ccccc1N1CC[NH+](CC(N)=S)CC1. The second-order valence-corrected chi connectivity index (χ2v) is 5.08. The third-order valence-electron chi connectivity index (χ3n) is 3.32. The molecule has 1 aliphatic heterocycles. The number of para-hydroxylation sites is 2. The van der Waals surface area contributed by atoms with Crippen molar-refractivity contribution in [3.05, 3.63) is 24.3 Å². The van der Waals surface area contributed by atoms with Crippen LogP contribution in [0.2, 0.25) is 0 Å². The molecule has 1 aromatic carbocycles. The molecule has 1 fully saturated rings. The summed E-state index contributed by atoms with van der Waals surface area (Å²) in [5.41, 5.74) is 6.77. The van der Waals surface area contributed by atoms with Gasteiger partial charge in [-0.25, -0.2) is 0 Å². The second-order valence-electron chi connectivity index (χ2n) is 4.55. The highest BCUT2D eigenvalue weighted by Gasteiger charge is 2.22. The molecule has 5 heteroatoms. The van der Waals surface area contributed by atoms with Gasteiger partial charge < -0.3 is 20.3 Å². The van der Waals surface area contributed by atoms with E-state index in [0.29, 0.717) is 4.99 Å². The molecule has 0 amide bonds. The zero-order valence-corrected chi connectivity index (χ0v) is 11.5. The molecular formula is C13H20N3OS+. The molecule has 98 valence electrons. The van der Waals surface area contributed by atoms with E-state index in [0.717, 1.165) is 38.5 Å². The molecule has 0 atom stereocenters. The van der Waals surface area contributed by atoms with E-state index in [9.17, 15) is 0 Å². The molecule has 0 spiro atoms. The molecule has 0 aliphatic carbocycles. The Morgan fingerprint density at radius 1 is 1.39 bits per heavy atom. The van der Waals surface area contributed by atoms with Gasteiger partial charge in [-0.05, 0) is 12.1 Å². The Balaban J connectivity index is 1.99. The van der Waals surface area contributed by atoms with Crippen molar-refractivity contribution in [3.8, 4) is 5.75 Å². The molecule has 1 aliphatic rings. The van der Waals surface area contributed by atoms with Crippen molar-refractivity contribution in [2.24, 2.45) is 5.73 Å². The second kappa shape index (κ2) is 6.02. The zero-order chi connectivity index (χ0) is 13.0. The van der Waals surface area contributed by atoms with Crippen LogP contribution >= 0.6 is 12.2 Å². The number of hydrogen-bond acceptors (Lipinski definition) is 3. The van der Waals surface area contributed by atoms with Crippen molar-refractivity contribution in [1.29, 1.82) is 0 Å². The minimum Gasteiger partial charge on any atom is -0.495 e. The van der Waals surface area contributed by atoms with E-state index < -0.39 is 0 Å². The molecule has 0 unspecified atom stereocenters. The largest absolute Gasteiger partial charge is 0.495 e. The molecule has 4 nitrogen and oxygen atoms in total. The number of hydrogen-bond donors (Lipinski definition) is 2. The van der Waals surface area contributed by atoms with Gasteiger partial charge in [0.15, 0.2) is 0 Å². The summed E-state index contributed by atoms with van der Waals surface area (Å²) in [4.78, 5) is 4.44. The highest BCUT2D eigenvalue weighted by molar-refractivity contribution is 7.80. The number of anilines is 1. The molecule has 0 saturated carbocycles. The lowest BCUT2D eigenvalue weighted by molar-refractivity contribution is -0.891. The molecule has 1 heterocycles. The van der Waals surface area contributed by atoms with Crippen molar-refractivity contribution in [2.45, 2.75) is 0 Å². The van der Waals surface area contributed by atoms with Crippen molar-refractivity contribution in [2.75, 3.05) is 44.7 Å². The van der Waals surface area contributed by atoms with Gasteiger partial charge in [0.05, 0.1) is 39.0 Å². The lowest BCUT2D eigenvalue weighted by Gasteiger charge is -2.34. The van der Waals surface area contributed by atoms with Crippen LogP contribution in [0.3, 0.4) is 0 Å². The van der Waals surface area contributed by atoms with Crippen LogP contribution in [0.1, 0.15) is 0 Å². The third kappa shape index (κ3) is 3.11. The van der Waals surface area contributed by atoms with E-state index in [-0.39, 0.29) is 0 Å². The standard InChI is InChI=1S/C13H19N3OS/c1-17-12-5-3-2-4-11(12)16-8-6-15(7-9-16)10-13(14)18/h2-5H,6-10H2,1H3,(H2,14,18)/p+1. The van der Waals surface area contributed by atoms with E-state index in [1.54, 1.807) is 7.11 Å². The molecule has 1 saturated heterocycles. The molecule has 0 radical (unpaired) electrons. The predicted octanol–water partition coefficient (Wildman–Crippen LogP) is -0.314. The van der Waals surface area contributed by atoms with E-state index >= 15 is 0 Å². The minimum atomic E-state index is 0.607. The van der Waals surface area contributed by atoms with E-state index in [2.05, 4.69) is 11.0 Å². The number of nitrogens with two attached hydrogens (primary N) is 1. The van der Waals surface area contributed by atoms with Crippen molar-refractivity contribution >= 4 is 22.9 Å². The van der Waals surface area contributed by atoms with Crippen LogP contribution in [0.4, 0.5) is 5.69 Å². The number of quaternary nitrogens is 1. The lowest BCUT2D eigenvalue weighted by Crippen LogP contribution is -3.15. The Morgan fingerprint density at radius 2 is 2.06 bits per heavy atom. The number of benzene rings is 1. The van der Waals surface area contributed by atoms with Crippen LogP contribution in [0.15, 0.2) is 24.3 Å². The van der Waals surface area contributed by atoms with Crippen LogP contribution in [0, 0.1) is 0 Å². The maximum Gasteiger partial charge on any atom is 0.142 e. The molecule has 0 bridgehead atoms. The van der Waals surface area contributed by atoms with Gasteiger partial charge in [-0.2, -0.15) is 0 Å². The molecular weight excluding hydrogens is 246 g/mol. The fourth-order valence-electron chi connectivity index (χ4n) is 2.38. The average molecular weight is 266 g/mol. The number of nitrogens with one attached hydrogen (secondary N) is 1. The molecule has 3 N–H and O–H groups in total. The Labute approximate surface area is 113 Å². The first-order valence-electron chi connectivity index (χ1n) is 6.20. The monoisotopic (exact) mass is 266 g/mol. The molecule has 0 aromatic heterocycles. The predicted molar refractivity (Wildman–Crippen MR) is 77.6 cm³/mol. The van der Waals surface area contributed by atoms with Crippen molar-refractivity contribution in [1.82, 2.24) is 0 Å². The quantitative estimate of drug-likeness (QED) is 0.734. The first kappa shape index (κ1) is 13.1. The Hall–Kier alpha value is -1.33. The summed E-state index contributed by atoms with van der Waals surface area (Å²) < 4.78 is 5.40. The smallest absolute Gasteiger partial charge is 0.142 e. The van der Waals surface area contributed by atoms with Crippen LogP contribution in [0.25, 0.3) is 0 Å². The number of piperazine rings is 1. The normalized spacial score (nSPS) is 16.6. The molecule has 2 rings (SSSR count). The summed E-state index contributed by atoms with van der Waals surface area (Å²) in [7, 11) is 1.72. The summed E-state index contributed by atoms with van der Waals surface area (Å²) in [5.74, 6) is 0.940. The van der Waals surface area contributed by atoms with Crippen LogP contribution in [-0.4, -0.2) is 44.8 Å². The fraction of sp³-hybridized carbons (Fsp3) is 0.462. The Bertz CT molecular complexity index is 416. The van der Waals surface area contributed by atoms with Gasteiger partial charge in [-0.3, -0.25) is 0 Å². The van der Waals surface area contributed by atoms with Gasteiger partial charge in [-0.1, -0.05) is 24.4 Å². The minimum absolute atomic E-state index is 0.607. The van der Waals surface area contributed by atoms with Gasteiger partial charge in [0.1, 0.15) is 17.3 Å². The fourth-order valence-corrected chi connectivity index (χ4v) is 2.58. The summed E-state index contributed by atoms with van der Waals surface area (Å²) in [6.45, 7) is 4.95. The lowest BCUT2D eigenvalue weighted by atomic mass is 10.2. The topological polar surface area (TPSA) is 42.9 Å². The third-order valence-corrected chi connectivity index (χ3v) is 3.46. The van der Waals surface area contributed by atoms with Crippen molar-refractivity contribution in [3.63, 3.8) is 0 Å². The van der Waals surface area contributed by atoms with E-state index in [1.165, 1.54) is 10.6 Å². The van der Waals surface area contributed by atoms with E-state index in [4.69, 9.17) is 22.7 Å². The van der Waals surface area contributed by atoms with Gasteiger partial charge >= 0.3 is 0 Å². The number of methoxy groups -OCH3 is 1. The summed E-state index contributed by atoms with van der Waals surface area (Å²) in [5, 5.41) is 0. The Morgan fingerprint density at radius 3 is 2.67 bits per heavy atom.